The van der Waals surface area contributed by atoms with E-state index in [2.05, 4.69) is 30.3 Å². The molecular formula is C19H27N3O2. The highest BCUT2D eigenvalue weighted by Gasteiger charge is 2.33. The molecular weight excluding hydrogens is 302 g/mol. The first-order chi connectivity index (χ1) is 11.6. The topological polar surface area (TPSA) is 48.3 Å². The van der Waals surface area contributed by atoms with Gasteiger partial charge in [0.25, 0.3) is 0 Å². The van der Waals surface area contributed by atoms with Crippen molar-refractivity contribution in [1.29, 1.82) is 0 Å². The molecule has 24 heavy (non-hydrogen) atoms. The Morgan fingerprint density at radius 2 is 2.12 bits per heavy atom. The molecule has 1 aromatic heterocycles. The molecule has 1 aliphatic rings. The summed E-state index contributed by atoms with van der Waals surface area (Å²) in [6, 6.07) is 8.14. The maximum Gasteiger partial charge on any atom is 0.123 e. The predicted molar refractivity (Wildman–Crippen MR) is 94.2 cm³/mol. The number of hydrogen-bond donors (Lipinski definition) is 1. The van der Waals surface area contributed by atoms with Gasteiger partial charge >= 0.3 is 0 Å². The minimum absolute atomic E-state index is 0.142. The van der Waals surface area contributed by atoms with Crippen molar-refractivity contribution >= 4 is 0 Å². The Labute approximate surface area is 144 Å². The molecule has 0 spiro atoms. The fourth-order valence-corrected chi connectivity index (χ4v) is 3.60. The number of aromatic nitrogens is 2. The fourth-order valence-electron chi connectivity index (χ4n) is 3.60. The average molecular weight is 329 g/mol. The van der Waals surface area contributed by atoms with Gasteiger partial charge < -0.3 is 14.8 Å². The molecule has 5 heteroatoms. The summed E-state index contributed by atoms with van der Waals surface area (Å²) in [6.45, 7) is 6.74. The Balaban J connectivity index is 1.64. The highest BCUT2D eigenvalue weighted by molar-refractivity contribution is 5.33. The highest BCUT2D eigenvalue weighted by Crippen LogP contribution is 2.37. The molecule has 2 aromatic rings. The first kappa shape index (κ1) is 17.0. The summed E-state index contributed by atoms with van der Waals surface area (Å²) in [5, 5.41) is 8.12. The summed E-state index contributed by atoms with van der Waals surface area (Å²) >= 11 is 0. The molecule has 2 atom stereocenters. The second kappa shape index (κ2) is 7.36. The van der Waals surface area contributed by atoms with E-state index in [-0.39, 0.29) is 6.10 Å². The van der Waals surface area contributed by atoms with Crippen molar-refractivity contribution < 1.29 is 9.47 Å². The van der Waals surface area contributed by atoms with Crippen molar-refractivity contribution in [2.24, 2.45) is 13.0 Å². The number of rotatable bonds is 6. The van der Waals surface area contributed by atoms with Crippen molar-refractivity contribution in [1.82, 2.24) is 15.1 Å². The summed E-state index contributed by atoms with van der Waals surface area (Å²) in [6.07, 6.45) is 1.22. The Kier molecular flexibility index (Phi) is 5.21. The van der Waals surface area contributed by atoms with Gasteiger partial charge in [0.1, 0.15) is 5.75 Å². The lowest BCUT2D eigenvalue weighted by Crippen LogP contribution is -2.25. The number of ether oxygens (including phenoxy) is 2. The number of benzene rings is 1. The number of nitrogens with one attached hydrogen (secondary N) is 1. The highest BCUT2D eigenvalue weighted by atomic mass is 16.5. The molecule has 1 saturated heterocycles. The van der Waals surface area contributed by atoms with E-state index in [0.717, 1.165) is 37.6 Å². The van der Waals surface area contributed by atoms with Crippen molar-refractivity contribution in [3.8, 4) is 5.75 Å². The van der Waals surface area contributed by atoms with E-state index in [0.29, 0.717) is 5.92 Å². The van der Waals surface area contributed by atoms with Gasteiger partial charge in [0.2, 0.25) is 0 Å². The zero-order valence-electron chi connectivity index (χ0n) is 15.0. The lowest BCUT2D eigenvalue weighted by molar-refractivity contribution is 0.0893. The summed E-state index contributed by atoms with van der Waals surface area (Å²) in [4.78, 5) is 0. The van der Waals surface area contributed by atoms with Gasteiger partial charge in [0.15, 0.2) is 0 Å². The van der Waals surface area contributed by atoms with Crippen molar-refractivity contribution in [2.45, 2.75) is 32.9 Å². The van der Waals surface area contributed by atoms with Gasteiger partial charge in [-0.1, -0.05) is 18.2 Å². The molecule has 5 nitrogen and oxygen atoms in total. The predicted octanol–water partition coefficient (Wildman–Crippen LogP) is 2.91. The van der Waals surface area contributed by atoms with Crippen LogP contribution < -0.4 is 10.1 Å². The summed E-state index contributed by atoms with van der Waals surface area (Å²) in [5.74, 6) is 1.41. The molecule has 1 aromatic carbocycles. The zero-order chi connectivity index (χ0) is 17.1. The molecule has 0 bridgehead atoms. The van der Waals surface area contributed by atoms with Gasteiger partial charge in [-0.25, -0.2) is 0 Å². The number of methoxy groups -OCH3 is 1. The first-order valence-corrected chi connectivity index (χ1v) is 8.56. The molecule has 0 unspecified atom stereocenters. The quantitative estimate of drug-likeness (QED) is 0.885. The van der Waals surface area contributed by atoms with Crippen LogP contribution in [-0.4, -0.2) is 30.0 Å². The molecule has 1 N–H and O–H groups in total. The smallest absolute Gasteiger partial charge is 0.123 e. The SMILES string of the molecule is COc1ccccc1CNC[C@H]1CCO[C@@H]1c1c(C)nn(C)c1C. The minimum Gasteiger partial charge on any atom is -0.496 e. The van der Waals surface area contributed by atoms with Gasteiger partial charge in [-0.2, -0.15) is 5.10 Å². The van der Waals surface area contributed by atoms with Crippen LogP contribution in [0.2, 0.25) is 0 Å². The standard InChI is InChI=1S/C19H27N3O2/c1-13-18(14(2)22(3)21-13)19-16(9-10-24-19)12-20-11-15-7-5-6-8-17(15)23-4/h5-8,16,19-20H,9-12H2,1-4H3/t16-,19+/m1/s1. The van der Waals surface area contributed by atoms with E-state index in [9.17, 15) is 0 Å². The van der Waals surface area contributed by atoms with Crippen molar-refractivity contribution in [3.63, 3.8) is 0 Å². The van der Waals surface area contributed by atoms with Gasteiger partial charge in [-0.15, -0.1) is 0 Å². The largest absolute Gasteiger partial charge is 0.496 e. The number of nitrogens with zero attached hydrogens (tertiary/aromatic N) is 2. The molecule has 1 aliphatic heterocycles. The second-order valence-electron chi connectivity index (χ2n) is 6.49. The molecule has 3 rings (SSSR count). The first-order valence-electron chi connectivity index (χ1n) is 8.56. The van der Waals surface area contributed by atoms with E-state index in [1.54, 1.807) is 7.11 Å². The number of para-hydroxylation sites is 1. The van der Waals surface area contributed by atoms with Crippen LogP contribution in [0.1, 0.15) is 35.0 Å². The molecule has 0 amide bonds. The summed E-state index contributed by atoms with van der Waals surface area (Å²) in [7, 11) is 3.71. The summed E-state index contributed by atoms with van der Waals surface area (Å²) < 4.78 is 13.4. The Morgan fingerprint density at radius 1 is 1.33 bits per heavy atom. The zero-order valence-corrected chi connectivity index (χ0v) is 15.0. The minimum atomic E-state index is 0.142. The Morgan fingerprint density at radius 3 is 2.83 bits per heavy atom. The van der Waals surface area contributed by atoms with Crippen LogP contribution >= 0.6 is 0 Å². The molecule has 0 radical (unpaired) electrons. The van der Waals surface area contributed by atoms with Crippen LogP contribution in [0.5, 0.6) is 5.75 Å². The number of aryl methyl sites for hydroxylation is 2. The Hall–Kier alpha value is -1.85. The molecule has 0 aliphatic carbocycles. The van der Waals surface area contributed by atoms with Crippen LogP contribution in [0.3, 0.4) is 0 Å². The lowest BCUT2D eigenvalue weighted by atomic mass is 9.94. The van der Waals surface area contributed by atoms with E-state index in [1.165, 1.54) is 16.8 Å². The van der Waals surface area contributed by atoms with Crippen LogP contribution in [-0.2, 0) is 18.3 Å². The summed E-state index contributed by atoms with van der Waals surface area (Å²) in [5.41, 5.74) is 4.73. The van der Waals surface area contributed by atoms with E-state index in [4.69, 9.17) is 9.47 Å². The maximum absolute atomic E-state index is 6.06. The molecule has 130 valence electrons. The van der Waals surface area contributed by atoms with Crippen LogP contribution in [0.15, 0.2) is 24.3 Å². The lowest BCUT2D eigenvalue weighted by Gasteiger charge is -2.20. The van der Waals surface area contributed by atoms with Crippen LogP contribution in [0, 0.1) is 19.8 Å². The van der Waals surface area contributed by atoms with E-state index in [1.807, 2.05) is 29.9 Å². The average Bonchev–Trinajstić information content (AvgIpc) is 3.12. The van der Waals surface area contributed by atoms with Gasteiger partial charge in [0, 0.05) is 49.5 Å². The van der Waals surface area contributed by atoms with Gasteiger partial charge in [-0.3, -0.25) is 4.68 Å². The second-order valence-corrected chi connectivity index (χ2v) is 6.49. The van der Waals surface area contributed by atoms with Crippen molar-refractivity contribution in [3.05, 3.63) is 46.8 Å². The third-order valence-electron chi connectivity index (χ3n) is 4.98. The molecule has 0 saturated carbocycles. The maximum atomic E-state index is 6.06. The third kappa shape index (κ3) is 3.32. The normalized spacial score (nSPS) is 20.5. The fraction of sp³-hybridized carbons (Fsp3) is 0.526. The Bertz CT molecular complexity index is 696. The van der Waals surface area contributed by atoms with Crippen LogP contribution in [0.25, 0.3) is 0 Å². The number of hydrogen-bond acceptors (Lipinski definition) is 4. The van der Waals surface area contributed by atoms with Gasteiger partial charge in [-0.05, 0) is 26.3 Å². The monoisotopic (exact) mass is 329 g/mol. The molecule has 1 fully saturated rings. The van der Waals surface area contributed by atoms with Crippen molar-refractivity contribution in [2.75, 3.05) is 20.3 Å². The van der Waals surface area contributed by atoms with E-state index >= 15 is 0 Å². The third-order valence-corrected chi connectivity index (χ3v) is 4.98. The molecule has 2 heterocycles. The van der Waals surface area contributed by atoms with Gasteiger partial charge in [0.05, 0.1) is 18.9 Å². The van der Waals surface area contributed by atoms with Crippen LogP contribution in [0.4, 0.5) is 0 Å². The van der Waals surface area contributed by atoms with E-state index < -0.39 is 0 Å².